The van der Waals surface area contributed by atoms with E-state index in [1.807, 2.05) is 70.3 Å². The summed E-state index contributed by atoms with van der Waals surface area (Å²) in [5, 5.41) is 5.74. The van der Waals surface area contributed by atoms with Crippen LogP contribution in [0.3, 0.4) is 0 Å². The van der Waals surface area contributed by atoms with Gasteiger partial charge < -0.3 is 20.3 Å². The zero-order valence-electron chi connectivity index (χ0n) is 25.0. The van der Waals surface area contributed by atoms with Crippen molar-refractivity contribution in [2.24, 2.45) is 0 Å². The molecule has 0 bridgehead atoms. The zero-order chi connectivity index (χ0) is 29.8. The average Bonchev–Trinajstić information content (AvgIpc) is 3.43. The molecular weight excluding hydrogens is 540 g/mol. The molecule has 4 aromatic rings. The minimum absolute atomic E-state index is 0.0146. The SMILES string of the molecule is CN1CCC(N(C)C/C=C/C(=O)N2CCCC(n3nc(-c4ccc(Oc5ccccc5)cc4)c4c(N)ncnc43)C2)CC1. The van der Waals surface area contributed by atoms with Gasteiger partial charge in [0.05, 0.1) is 11.4 Å². The molecule has 43 heavy (non-hydrogen) atoms. The highest BCUT2D eigenvalue weighted by molar-refractivity contribution is 5.98. The van der Waals surface area contributed by atoms with Crippen molar-refractivity contribution in [3.63, 3.8) is 0 Å². The number of hydrogen-bond donors (Lipinski definition) is 1. The van der Waals surface area contributed by atoms with Crippen molar-refractivity contribution >= 4 is 22.8 Å². The number of nitrogen functional groups attached to an aromatic ring is 1. The molecule has 10 nitrogen and oxygen atoms in total. The van der Waals surface area contributed by atoms with Crippen LogP contribution in [0.4, 0.5) is 5.82 Å². The summed E-state index contributed by atoms with van der Waals surface area (Å²) in [6.07, 6.45) is 9.35. The normalized spacial score (nSPS) is 18.6. The molecule has 0 radical (unpaired) electrons. The number of carbonyl (C=O) groups is 1. The van der Waals surface area contributed by atoms with Crippen LogP contribution >= 0.6 is 0 Å². The Morgan fingerprint density at radius 3 is 2.53 bits per heavy atom. The number of benzene rings is 2. The van der Waals surface area contributed by atoms with Gasteiger partial charge in [-0.3, -0.25) is 9.69 Å². The second kappa shape index (κ2) is 12.9. The van der Waals surface area contributed by atoms with E-state index in [0.717, 1.165) is 67.2 Å². The Kier molecular flexibility index (Phi) is 8.67. The molecule has 2 fully saturated rings. The third-order valence-corrected chi connectivity index (χ3v) is 8.64. The lowest BCUT2D eigenvalue weighted by molar-refractivity contribution is -0.127. The Morgan fingerprint density at radius 1 is 1.02 bits per heavy atom. The van der Waals surface area contributed by atoms with Crippen LogP contribution in [0, 0.1) is 0 Å². The van der Waals surface area contributed by atoms with Crippen LogP contribution in [0.15, 0.2) is 73.1 Å². The molecular formula is C33H40N8O2. The molecule has 1 atom stereocenters. The van der Waals surface area contributed by atoms with Crippen LogP contribution in [-0.4, -0.2) is 93.2 Å². The topological polar surface area (TPSA) is 106 Å². The molecule has 2 N–H and O–H groups in total. The average molecular weight is 581 g/mol. The fourth-order valence-corrected chi connectivity index (χ4v) is 6.12. The zero-order valence-corrected chi connectivity index (χ0v) is 25.0. The summed E-state index contributed by atoms with van der Waals surface area (Å²) in [6, 6.07) is 18.0. The number of rotatable bonds is 8. The first-order valence-corrected chi connectivity index (χ1v) is 15.1. The van der Waals surface area contributed by atoms with Gasteiger partial charge in [-0.15, -0.1) is 0 Å². The molecule has 1 unspecified atom stereocenters. The van der Waals surface area contributed by atoms with Crippen molar-refractivity contribution in [2.45, 2.75) is 37.8 Å². The molecule has 2 saturated heterocycles. The highest BCUT2D eigenvalue weighted by Gasteiger charge is 2.28. The molecule has 0 spiro atoms. The molecule has 2 aromatic carbocycles. The van der Waals surface area contributed by atoms with E-state index >= 15 is 0 Å². The van der Waals surface area contributed by atoms with Gasteiger partial charge in [-0.05, 0) is 89.3 Å². The van der Waals surface area contributed by atoms with Gasteiger partial charge in [0.2, 0.25) is 5.91 Å². The van der Waals surface area contributed by atoms with Crippen LogP contribution in [0.1, 0.15) is 31.7 Å². The van der Waals surface area contributed by atoms with Gasteiger partial charge in [-0.1, -0.05) is 24.3 Å². The van der Waals surface area contributed by atoms with E-state index in [9.17, 15) is 4.79 Å². The number of hydrogen-bond acceptors (Lipinski definition) is 8. The first-order chi connectivity index (χ1) is 21.0. The molecule has 2 aliphatic rings. The predicted octanol–water partition coefficient (Wildman–Crippen LogP) is 4.61. The Balaban J connectivity index is 1.16. The fraction of sp³-hybridized carbons (Fsp3) is 0.394. The lowest BCUT2D eigenvalue weighted by atomic mass is 10.0. The number of aromatic nitrogens is 4. The molecule has 1 amide bonds. The molecule has 2 aromatic heterocycles. The molecule has 2 aliphatic heterocycles. The number of carbonyl (C=O) groups excluding carboxylic acids is 1. The highest BCUT2D eigenvalue weighted by atomic mass is 16.5. The van der Waals surface area contributed by atoms with Crippen molar-refractivity contribution < 1.29 is 9.53 Å². The number of likely N-dealkylation sites (tertiary alicyclic amines) is 2. The van der Waals surface area contributed by atoms with Crippen molar-refractivity contribution in [3.05, 3.63) is 73.1 Å². The van der Waals surface area contributed by atoms with E-state index in [1.165, 1.54) is 19.2 Å². The van der Waals surface area contributed by atoms with Gasteiger partial charge in [0.15, 0.2) is 5.65 Å². The number of ether oxygens (including phenoxy) is 1. The van der Waals surface area contributed by atoms with Gasteiger partial charge in [0, 0.05) is 37.3 Å². The number of amides is 1. The molecule has 0 saturated carbocycles. The largest absolute Gasteiger partial charge is 0.457 e. The van der Waals surface area contributed by atoms with Crippen molar-refractivity contribution in [3.8, 4) is 22.8 Å². The number of piperidine rings is 2. The monoisotopic (exact) mass is 580 g/mol. The maximum absolute atomic E-state index is 13.2. The van der Waals surface area contributed by atoms with Crippen LogP contribution in [0.25, 0.3) is 22.3 Å². The molecule has 4 heterocycles. The first kappa shape index (κ1) is 28.8. The molecule has 0 aliphatic carbocycles. The van der Waals surface area contributed by atoms with Crippen molar-refractivity contribution in [2.75, 3.05) is 52.6 Å². The number of likely N-dealkylation sites (N-methyl/N-ethyl adjacent to an activating group) is 1. The van der Waals surface area contributed by atoms with E-state index in [2.05, 4.69) is 33.9 Å². The number of nitrogens with two attached hydrogens (primary N) is 1. The lowest BCUT2D eigenvalue weighted by Crippen LogP contribution is -2.42. The summed E-state index contributed by atoms with van der Waals surface area (Å²) in [7, 11) is 4.33. The molecule has 6 rings (SSSR count). The number of fused-ring (bicyclic) bond motifs is 1. The van der Waals surface area contributed by atoms with Gasteiger partial charge in [0.25, 0.3) is 0 Å². The van der Waals surface area contributed by atoms with Crippen LogP contribution < -0.4 is 10.5 Å². The van der Waals surface area contributed by atoms with Crippen LogP contribution in [0.2, 0.25) is 0 Å². The third kappa shape index (κ3) is 6.55. The highest BCUT2D eigenvalue weighted by Crippen LogP contribution is 2.35. The fourth-order valence-electron chi connectivity index (χ4n) is 6.12. The number of nitrogens with zero attached hydrogens (tertiary/aromatic N) is 7. The van der Waals surface area contributed by atoms with Crippen LogP contribution in [-0.2, 0) is 4.79 Å². The minimum atomic E-state index is -0.0146. The molecule has 224 valence electrons. The van der Waals surface area contributed by atoms with Crippen molar-refractivity contribution in [1.29, 1.82) is 0 Å². The Labute approximate surface area is 252 Å². The van der Waals surface area contributed by atoms with Gasteiger partial charge in [-0.25, -0.2) is 14.6 Å². The third-order valence-electron chi connectivity index (χ3n) is 8.64. The maximum atomic E-state index is 13.2. The molecule has 10 heteroatoms. The number of para-hydroxylation sites is 1. The summed E-state index contributed by atoms with van der Waals surface area (Å²) < 4.78 is 7.91. The van der Waals surface area contributed by atoms with Gasteiger partial charge in [0.1, 0.15) is 29.3 Å². The Bertz CT molecular complexity index is 1560. The lowest BCUT2D eigenvalue weighted by Gasteiger charge is -2.34. The quantitative estimate of drug-likeness (QED) is 0.301. The number of anilines is 1. The maximum Gasteiger partial charge on any atom is 0.246 e. The second-order valence-electron chi connectivity index (χ2n) is 11.6. The van der Waals surface area contributed by atoms with Gasteiger partial charge in [-0.2, -0.15) is 5.10 Å². The predicted molar refractivity (Wildman–Crippen MR) is 169 cm³/mol. The summed E-state index contributed by atoms with van der Waals surface area (Å²) >= 11 is 0. The summed E-state index contributed by atoms with van der Waals surface area (Å²) in [5.74, 6) is 1.94. The van der Waals surface area contributed by atoms with E-state index in [0.29, 0.717) is 24.1 Å². The van der Waals surface area contributed by atoms with E-state index < -0.39 is 0 Å². The van der Waals surface area contributed by atoms with Crippen LogP contribution in [0.5, 0.6) is 11.5 Å². The summed E-state index contributed by atoms with van der Waals surface area (Å²) in [5.41, 5.74) is 8.67. The standard InChI is InChI=1S/C33H40N8O2/c1-38-20-16-25(17-21-38)39(2)18-7-11-29(42)40-19-6-8-26(22-40)41-33-30(32(34)35-23-36-33)31(37-41)24-12-14-28(15-13-24)43-27-9-4-3-5-10-27/h3-5,7,9-15,23,25-26H,6,8,16-22H2,1-2H3,(H2,34,35,36)/b11-7+. The van der Waals surface area contributed by atoms with E-state index in [-0.39, 0.29) is 11.9 Å². The Morgan fingerprint density at radius 2 is 1.77 bits per heavy atom. The Hall–Kier alpha value is -4.28. The van der Waals surface area contributed by atoms with E-state index in [4.69, 9.17) is 15.6 Å². The second-order valence-corrected chi connectivity index (χ2v) is 11.6. The first-order valence-electron chi connectivity index (χ1n) is 15.1. The smallest absolute Gasteiger partial charge is 0.246 e. The van der Waals surface area contributed by atoms with E-state index in [1.54, 1.807) is 6.08 Å². The minimum Gasteiger partial charge on any atom is -0.457 e. The van der Waals surface area contributed by atoms with Gasteiger partial charge >= 0.3 is 0 Å². The summed E-state index contributed by atoms with van der Waals surface area (Å²) in [6.45, 7) is 4.33. The van der Waals surface area contributed by atoms with Crippen molar-refractivity contribution in [1.82, 2.24) is 34.4 Å². The summed E-state index contributed by atoms with van der Waals surface area (Å²) in [4.78, 5) is 28.7.